The number of methoxy groups -OCH3 is 1. The molecule has 0 bridgehead atoms. The van der Waals surface area contributed by atoms with Crippen LogP contribution in [0.5, 0.6) is 5.75 Å². The van der Waals surface area contributed by atoms with Gasteiger partial charge in [-0.25, -0.2) is 0 Å². The third-order valence-electron chi connectivity index (χ3n) is 5.06. The number of benzene rings is 2. The maximum Gasteiger partial charge on any atom is 0.255 e. The Bertz CT molecular complexity index is 825. The molecule has 0 aromatic heterocycles. The third-order valence-corrected chi connectivity index (χ3v) is 5.06. The summed E-state index contributed by atoms with van der Waals surface area (Å²) in [5, 5.41) is 2.91. The zero-order valence-electron chi connectivity index (χ0n) is 15.7. The topological polar surface area (TPSA) is 84.7 Å². The van der Waals surface area contributed by atoms with Gasteiger partial charge in [0.15, 0.2) is 0 Å². The van der Waals surface area contributed by atoms with Crippen molar-refractivity contribution in [3.05, 3.63) is 53.6 Å². The van der Waals surface area contributed by atoms with E-state index in [4.69, 9.17) is 10.5 Å². The van der Waals surface area contributed by atoms with Gasteiger partial charge in [0, 0.05) is 35.9 Å². The number of aryl methyl sites for hydroxylation is 1. The molecule has 3 N–H and O–H groups in total. The molecule has 0 aliphatic carbocycles. The Balaban J connectivity index is 1.62. The fourth-order valence-corrected chi connectivity index (χ4v) is 3.34. The van der Waals surface area contributed by atoms with E-state index in [2.05, 4.69) is 10.2 Å². The molecule has 0 atom stereocenters. The maximum absolute atomic E-state index is 12.5. The van der Waals surface area contributed by atoms with Crippen molar-refractivity contribution < 1.29 is 14.3 Å². The van der Waals surface area contributed by atoms with Crippen molar-refractivity contribution in [1.29, 1.82) is 0 Å². The molecule has 142 valence electrons. The van der Waals surface area contributed by atoms with Gasteiger partial charge in [-0.3, -0.25) is 9.59 Å². The summed E-state index contributed by atoms with van der Waals surface area (Å²) < 4.78 is 5.28. The minimum Gasteiger partial charge on any atom is -0.496 e. The van der Waals surface area contributed by atoms with E-state index in [1.165, 1.54) is 0 Å². The number of ether oxygens (including phenoxy) is 1. The summed E-state index contributed by atoms with van der Waals surface area (Å²) in [6.45, 7) is 3.55. The molecule has 2 aromatic rings. The second kappa shape index (κ2) is 8.12. The molecule has 0 radical (unpaired) electrons. The van der Waals surface area contributed by atoms with E-state index in [0.29, 0.717) is 11.3 Å². The molecule has 0 spiro atoms. The molecule has 6 nitrogen and oxygen atoms in total. The normalized spacial score (nSPS) is 14.7. The highest BCUT2D eigenvalue weighted by atomic mass is 16.5. The molecule has 1 aliphatic rings. The molecule has 1 fully saturated rings. The van der Waals surface area contributed by atoms with E-state index >= 15 is 0 Å². The number of nitrogens with zero attached hydrogens (tertiary/aromatic N) is 1. The van der Waals surface area contributed by atoms with Crippen molar-refractivity contribution in [3.63, 3.8) is 0 Å². The first-order chi connectivity index (χ1) is 13.0. The van der Waals surface area contributed by atoms with Gasteiger partial charge in [0.2, 0.25) is 5.91 Å². The Morgan fingerprint density at radius 2 is 1.78 bits per heavy atom. The number of hydrogen-bond donors (Lipinski definition) is 2. The predicted octanol–water partition coefficient (Wildman–Crippen LogP) is 2.96. The number of piperidine rings is 1. The van der Waals surface area contributed by atoms with Crippen LogP contribution < -0.4 is 20.7 Å². The highest BCUT2D eigenvalue weighted by Crippen LogP contribution is 2.25. The molecule has 3 rings (SSSR count). The Morgan fingerprint density at radius 1 is 1.11 bits per heavy atom. The lowest BCUT2D eigenvalue weighted by Gasteiger charge is -2.32. The van der Waals surface area contributed by atoms with Crippen LogP contribution >= 0.6 is 0 Å². The van der Waals surface area contributed by atoms with E-state index in [-0.39, 0.29) is 17.7 Å². The smallest absolute Gasteiger partial charge is 0.255 e. The maximum atomic E-state index is 12.5. The lowest BCUT2D eigenvalue weighted by molar-refractivity contribution is -0.122. The second-order valence-corrected chi connectivity index (χ2v) is 6.85. The van der Waals surface area contributed by atoms with Crippen LogP contribution in [0.3, 0.4) is 0 Å². The summed E-state index contributed by atoms with van der Waals surface area (Å²) in [6.07, 6.45) is 1.56. The zero-order valence-corrected chi connectivity index (χ0v) is 15.7. The summed E-state index contributed by atoms with van der Waals surface area (Å²) in [4.78, 5) is 26.0. The van der Waals surface area contributed by atoms with Crippen LogP contribution in [0.2, 0.25) is 0 Å². The SMILES string of the molecule is COc1cc(C(=O)Nc2ccc(N3CCC(C(N)=O)CC3)cc2)ccc1C. The molecule has 2 amide bonds. The van der Waals surface area contributed by atoms with E-state index < -0.39 is 0 Å². The number of nitrogens with two attached hydrogens (primary N) is 1. The number of hydrogen-bond acceptors (Lipinski definition) is 4. The Morgan fingerprint density at radius 3 is 2.37 bits per heavy atom. The number of carbonyl (C=O) groups excluding carboxylic acids is 2. The summed E-state index contributed by atoms with van der Waals surface area (Å²) in [5.74, 6) is 0.285. The summed E-state index contributed by atoms with van der Waals surface area (Å²) >= 11 is 0. The standard InChI is InChI=1S/C21H25N3O3/c1-14-3-4-16(13-19(14)27-2)21(26)23-17-5-7-18(8-6-17)24-11-9-15(10-12-24)20(22)25/h3-8,13,15H,9-12H2,1-2H3,(H2,22,25)(H,23,26). The van der Waals surface area contributed by atoms with Gasteiger partial charge < -0.3 is 20.7 Å². The first kappa shape index (κ1) is 18.8. The first-order valence-electron chi connectivity index (χ1n) is 9.08. The van der Waals surface area contributed by atoms with E-state index in [0.717, 1.165) is 42.9 Å². The van der Waals surface area contributed by atoms with E-state index in [1.54, 1.807) is 19.2 Å². The van der Waals surface area contributed by atoms with Crippen LogP contribution in [-0.2, 0) is 4.79 Å². The van der Waals surface area contributed by atoms with E-state index in [9.17, 15) is 9.59 Å². The highest BCUT2D eigenvalue weighted by molar-refractivity contribution is 6.04. The summed E-state index contributed by atoms with van der Waals surface area (Å²) in [7, 11) is 1.59. The number of amides is 2. The van der Waals surface area contributed by atoms with Crippen molar-refractivity contribution in [2.75, 3.05) is 30.4 Å². The number of nitrogens with one attached hydrogen (secondary N) is 1. The van der Waals surface area contributed by atoms with Crippen LogP contribution in [0.1, 0.15) is 28.8 Å². The van der Waals surface area contributed by atoms with Crippen molar-refractivity contribution in [1.82, 2.24) is 0 Å². The average Bonchev–Trinajstić information content (AvgIpc) is 2.69. The highest BCUT2D eigenvalue weighted by Gasteiger charge is 2.23. The molecule has 0 unspecified atom stereocenters. The fourth-order valence-electron chi connectivity index (χ4n) is 3.34. The van der Waals surface area contributed by atoms with Gasteiger partial charge in [0.05, 0.1) is 7.11 Å². The monoisotopic (exact) mass is 367 g/mol. The number of anilines is 2. The minimum atomic E-state index is -0.208. The molecule has 1 saturated heterocycles. The molecule has 2 aromatic carbocycles. The number of primary amides is 1. The van der Waals surface area contributed by atoms with Gasteiger partial charge in [0.25, 0.3) is 5.91 Å². The van der Waals surface area contributed by atoms with Gasteiger partial charge in [-0.05, 0) is 61.7 Å². The van der Waals surface area contributed by atoms with Crippen molar-refractivity contribution in [3.8, 4) is 5.75 Å². The predicted molar refractivity (Wildman–Crippen MR) is 106 cm³/mol. The Kier molecular flexibility index (Phi) is 5.64. The van der Waals surface area contributed by atoms with Crippen molar-refractivity contribution in [2.24, 2.45) is 11.7 Å². The molecule has 0 saturated carbocycles. The largest absolute Gasteiger partial charge is 0.496 e. The molecular formula is C21H25N3O3. The quantitative estimate of drug-likeness (QED) is 0.851. The van der Waals surface area contributed by atoms with Crippen molar-refractivity contribution >= 4 is 23.2 Å². The third kappa shape index (κ3) is 4.39. The number of rotatable bonds is 5. The molecular weight excluding hydrogens is 342 g/mol. The van der Waals surface area contributed by atoms with Gasteiger partial charge >= 0.3 is 0 Å². The first-order valence-corrected chi connectivity index (χ1v) is 9.08. The van der Waals surface area contributed by atoms with Gasteiger partial charge in [-0.15, -0.1) is 0 Å². The zero-order chi connectivity index (χ0) is 19.4. The van der Waals surface area contributed by atoms with Crippen LogP contribution in [0.25, 0.3) is 0 Å². The lowest BCUT2D eigenvalue weighted by Crippen LogP contribution is -2.38. The fraction of sp³-hybridized carbons (Fsp3) is 0.333. The lowest BCUT2D eigenvalue weighted by atomic mass is 9.96. The van der Waals surface area contributed by atoms with Crippen molar-refractivity contribution in [2.45, 2.75) is 19.8 Å². The van der Waals surface area contributed by atoms with E-state index in [1.807, 2.05) is 37.3 Å². The molecule has 6 heteroatoms. The van der Waals surface area contributed by atoms with Crippen LogP contribution in [-0.4, -0.2) is 32.0 Å². The Labute approximate surface area is 159 Å². The summed E-state index contributed by atoms with van der Waals surface area (Å²) in [5.41, 5.74) is 8.73. The van der Waals surface area contributed by atoms with Gasteiger partial charge in [-0.1, -0.05) is 6.07 Å². The Hall–Kier alpha value is -3.02. The van der Waals surface area contributed by atoms with Gasteiger partial charge in [0.1, 0.15) is 5.75 Å². The van der Waals surface area contributed by atoms with Crippen LogP contribution in [0, 0.1) is 12.8 Å². The minimum absolute atomic E-state index is 0.0219. The van der Waals surface area contributed by atoms with Gasteiger partial charge in [-0.2, -0.15) is 0 Å². The average molecular weight is 367 g/mol. The molecule has 1 aliphatic heterocycles. The molecule has 1 heterocycles. The van der Waals surface area contributed by atoms with Crippen LogP contribution in [0.4, 0.5) is 11.4 Å². The molecule has 27 heavy (non-hydrogen) atoms. The van der Waals surface area contributed by atoms with Crippen LogP contribution in [0.15, 0.2) is 42.5 Å². The summed E-state index contributed by atoms with van der Waals surface area (Å²) in [6, 6.07) is 13.1. The number of carbonyl (C=O) groups is 2. The second-order valence-electron chi connectivity index (χ2n) is 6.85.